The third-order valence-electron chi connectivity index (χ3n) is 4.70. The highest BCUT2D eigenvalue weighted by molar-refractivity contribution is 6.20. The molecule has 7 nitrogen and oxygen atoms in total. The Bertz CT molecular complexity index is 809. The number of fused-ring (bicyclic) bond motifs is 1. The normalized spacial score (nSPS) is 17.8. The molecule has 0 atom stereocenters. The van der Waals surface area contributed by atoms with E-state index >= 15 is 0 Å². The van der Waals surface area contributed by atoms with Gasteiger partial charge in [-0.05, 0) is 37.1 Å². The van der Waals surface area contributed by atoms with Crippen LogP contribution in [0.3, 0.4) is 0 Å². The minimum atomic E-state index is -0.336. The van der Waals surface area contributed by atoms with Crippen LogP contribution in [-0.2, 0) is 0 Å². The van der Waals surface area contributed by atoms with Gasteiger partial charge in [-0.25, -0.2) is 0 Å². The molecule has 2 aliphatic rings. The van der Waals surface area contributed by atoms with Crippen molar-refractivity contribution in [2.24, 2.45) is 0 Å². The number of imide groups is 1. The summed E-state index contributed by atoms with van der Waals surface area (Å²) in [6.07, 6.45) is 5.82. The molecule has 0 unspecified atom stereocenters. The summed E-state index contributed by atoms with van der Waals surface area (Å²) in [6, 6.07) is 6.54. The maximum Gasteiger partial charge on any atom is 0.280 e. The van der Waals surface area contributed by atoms with Crippen LogP contribution in [0.15, 0.2) is 42.9 Å². The van der Waals surface area contributed by atoms with Gasteiger partial charge >= 0.3 is 0 Å². The molecule has 3 amide bonds. The number of pyridine rings is 2. The molecule has 0 N–H and O–H groups in total. The van der Waals surface area contributed by atoms with Gasteiger partial charge in [0.2, 0.25) is 0 Å². The summed E-state index contributed by atoms with van der Waals surface area (Å²) in [6.45, 7) is 0.998. The van der Waals surface area contributed by atoms with Gasteiger partial charge < -0.3 is 4.90 Å². The first-order valence-corrected chi connectivity index (χ1v) is 8.19. The number of carbonyl (C=O) groups excluding carboxylic acids is 3. The van der Waals surface area contributed by atoms with E-state index in [-0.39, 0.29) is 29.5 Å². The zero-order chi connectivity index (χ0) is 17.4. The van der Waals surface area contributed by atoms with Gasteiger partial charge in [-0.3, -0.25) is 29.3 Å². The van der Waals surface area contributed by atoms with E-state index in [9.17, 15) is 14.4 Å². The number of piperidine rings is 1. The van der Waals surface area contributed by atoms with E-state index in [1.807, 2.05) is 0 Å². The van der Waals surface area contributed by atoms with Crippen LogP contribution in [0.25, 0.3) is 0 Å². The lowest BCUT2D eigenvalue weighted by Crippen LogP contribution is -2.48. The molecule has 25 heavy (non-hydrogen) atoms. The zero-order valence-electron chi connectivity index (χ0n) is 13.5. The average Bonchev–Trinajstić information content (AvgIpc) is 2.93. The van der Waals surface area contributed by atoms with Crippen LogP contribution in [0.5, 0.6) is 0 Å². The number of aromatic nitrogens is 2. The van der Waals surface area contributed by atoms with E-state index in [0.29, 0.717) is 37.1 Å². The Labute approximate surface area is 144 Å². The van der Waals surface area contributed by atoms with Crippen LogP contribution in [-0.4, -0.2) is 56.6 Å². The van der Waals surface area contributed by atoms with Gasteiger partial charge in [-0.2, -0.15) is 0 Å². The molecular formula is C18H16N4O3. The largest absolute Gasteiger partial charge is 0.338 e. The molecule has 126 valence electrons. The van der Waals surface area contributed by atoms with Crippen LogP contribution in [0.4, 0.5) is 0 Å². The van der Waals surface area contributed by atoms with Crippen LogP contribution < -0.4 is 0 Å². The predicted octanol–water partition coefficient (Wildman–Crippen LogP) is 1.38. The number of hydrogen-bond donors (Lipinski definition) is 0. The first-order chi connectivity index (χ1) is 12.2. The molecule has 2 aliphatic heterocycles. The molecule has 1 saturated heterocycles. The van der Waals surface area contributed by atoms with Crippen molar-refractivity contribution in [2.45, 2.75) is 18.9 Å². The monoisotopic (exact) mass is 336 g/mol. The summed E-state index contributed by atoms with van der Waals surface area (Å²) in [5.41, 5.74) is 1.13. The third kappa shape index (κ3) is 2.57. The van der Waals surface area contributed by atoms with Crippen LogP contribution in [0.2, 0.25) is 0 Å². The van der Waals surface area contributed by atoms with E-state index < -0.39 is 0 Å². The molecule has 4 heterocycles. The third-order valence-corrected chi connectivity index (χ3v) is 4.70. The number of nitrogens with zero attached hydrogens (tertiary/aromatic N) is 4. The van der Waals surface area contributed by atoms with Crippen molar-refractivity contribution in [3.05, 3.63) is 59.7 Å². The number of carbonyl (C=O) groups is 3. The summed E-state index contributed by atoms with van der Waals surface area (Å²) in [4.78, 5) is 48.5. The number of likely N-dealkylation sites (tertiary alicyclic amines) is 1. The molecule has 0 aromatic carbocycles. The number of rotatable bonds is 2. The van der Waals surface area contributed by atoms with Crippen molar-refractivity contribution < 1.29 is 14.4 Å². The van der Waals surface area contributed by atoms with E-state index in [1.54, 1.807) is 41.6 Å². The smallest absolute Gasteiger partial charge is 0.280 e. The molecule has 4 rings (SSSR count). The number of hydrogen-bond acceptors (Lipinski definition) is 5. The number of amides is 3. The van der Waals surface area contributed by atoms with Gasteiger partial charge in [0, 0.05) is 37.7 Å². The first-order valence-electron chi connectivity index (χ1n) is 8.19. The maximum atomic E-state index is 12.5. The second-order valence-corrected chi connectivity index (χ2v) is 6.14. The van der Waals surface area contributed by atoms with Crippen molar-refractivity contribution in [1.82, 2.24) is 19.8 Å². The SMILES string of the molecule is O=C(c1cccnc1)N1CCC(N2C(=O)c3cccnc3C2=O)CC1. The van der Waals surface area contributed by atoms with Gasteiger partial charge in [0.05, 0.1) is 11.1 Å². The van der Waals surface area contributed by atoms with Gasteiger partial charge in [0.1, 0.15) is 5.69 Å². The molecule has 0 radical (unpaired) electrons. The van der Waals surface area contributed by atoms with Gasteiger partial charge in [0.15, 0.2) is 0 Å². The average molecular weight is 336 g/mol. The van der Waals surface area contributed by atoms with Crippen molar-refractivity contribution in [1.29, 1.82) is 0 Å². The summed E-state index contributed by atoms with van der Waals surface area (Å²) in [5.74, 6) is -0.696. The maximum absolute atomic E-state index is 12.5. The molecule has 2 aromatic rings. The second kappa shape index (κ2) is 6.08. The van der Waals surface area contributed by atoms with Crippen LogP contribution >= 0.6 is 0 Å². The van der Waals surface area contributed by atoms with Gasteiger partial charge in [0.25, 0.3) is 17.7 Å². The standard InChI is InChI=1S/C18H16N4O3/c23-16(12-3-1-7-19-11-12)21-9-5-13(6-10-21)22-17(24)14-4-2-8-20-15(14)18(22)25/h1-4,7-8,11,13H,5-6,9-10H2. The lowest BCUT2D eigenvalue weighted by molar-refractivity contribution is 0.0477. The minimum Gasteiger partial charge on any atom is -0.338 e. The highest BCUT2D eigenvalue weighted by Gasteiger charge is 2.42. The summed E-state index contributed by atoms with van der Waals surface area (Å²) >= 11 is 0. The molecular weight excluding hydrogens is 320 g/mol. The van der Waals surface area contributed by atoms with E-state index in [2.05, 4.69) is 9.97 Å². The Balaban J connectivity index is 1.46. The summed E-state index contributed by atoms with van der Waals surface area (Å²) in [5, 5.41) is 0. The Morgan fingerprint density at radius 2 is 1.80 bits per heavy atom. The minimum absolute atomic E-state index is 0.0735. The topological polar surface area (TPSA) is 83.5 Å². The van der Waals surface area contributed by atoms with Crippen LogP contribution in [0.1, 0.15) is 44.0 Å². The molecule has 0 aliphatic carbocycles. The van der Waals surface area contributed by atoms with Crippen molar-refractivity contribution in [3.8, 4) is 0 Å². The first kappa shape index (κ1) is 15.4. The van der Waals surface area contributed by atoms with E-state index in [1.165, 1.54) is 11.1 Å². The highest BCUT2D eigenvalue weighted by Crippen LogP contribution is 2.27. The second-order valence-electron chi connectivity index (χ2n) is 6.14. The molecule has 7 heteroatoms. The summed E-state index contributed by atoms with van der Waals surface area (Å²) in [7, 11) is 0. The Morgan fingerprint density at radius 3 is 2.48 bits per heavy atom. The Hall–Kier alpha value is -3.09. The fourth-order valence-electron chi connectivity index (χ4n) is 3.42. The quantitative estimate of drug-likeness (QED) is 0.774. The summed E-state index contributed by atoms with van der Waals surface area (Å²) < 4.78 is 0. The molecule has 1 fully saturated rings. The van der Waals surface area contributed by atoms with Crippen molar-refractivity contribution in [3.63, 3.8) is 0 Å². The lowest BCUT2D eigenvalue weighted by Gasteiger charge is -2.35. The Morgan fingerprint density at radius 1 is 1.04 bits per heavy atom. The molecule has 0 spiro atoms. The van der Waals surface area contributed by atoms with Crippen LogP contribution in [0, 0.1) is 0 Å². The zero-order valence-corrected chi connectivity index (χ0v) is 13.5. The molecule has 2 aromatic heterocycles. The fraction of sp³-hybridized carbons (Fsp3) is 0.278. The van der Waals surface area contributed by atoms with E-state index in [4.69, 9.17) is 0 Å². The van der Waals surface area contributed by atoms with Gasteiger partial charge in [-0.1, -0.05) is 0 Å². The molecule has 0 saturated carbocycles. The lowest BCUT2D eigenvalue weighted by atomic mass is 10.0. The van der Waals surface area contributed by atoms with E-state index in [0.717, 1.165) is 0 Å². The Kier molecular flexibility index (Phi) is 3.76. The molecule has 0 bridgehead atoms. The highest BCUT2D eigenvalue weighted by atomic mass is 16.2. The van der Waals surface area contributed by atoms with Gasteiger partial charge in [-0.15, -0.1) is 0 Å². The fourth-order valence-corrected chi connectivity index (χ4v) is 3.42. The van der Waals surface area contributed by atoms with Crippen molar-refractivity contribution >= 4 is 17.7 Å². The van der Waals surface area contributed by atoms with Crippen molar-refractivity contribution in [2.75, 3.05) is 13.1 Å². The predicted molar refractivity (Wildman–Crippen MR) is 87.9 cm³/mol.